The molecule has 1 aliphatic rings. The smallest absolute Gasteiger partial charge is 0.315 e. The summed E-state index contributed by atoms with van der Waals surface area (Å²) in [6, 6.07) is 7.53. The summed E-state index contributed by atoms with van der Waals surface area (Å²) in [6.07, 6.45) is 4.64. The predicted molar refractivity (Wildman–Crippen MR) is 107 cm³/mol. The number of hydrogen-bond acceptors (Lipinski definition) is 3. The number of likely N-dealkylation sites (tertiary alicyclic amines) is 1. The minimum Gasteiger partial charge on any atom is -0.497 e. The first-order chi connectivity index (χ1) is 13.0. The number of methoxy groups -OCH3 is 1. The van der Waals surface area contributed by atoms with Crippen LogP contribution in [0.25, 0.3) is 0 Å². The van der Waals surface area contributed by atoms with Gasteiger partial charge in [-0.05, 0) is 42.9 Å². The number of amides is 3. The van der Waals surface area contributed by atoms with Gasteiger partial charge in [0.25, 0.3) is 0 Å². The third-order valence-corrected chi connectivity index (χ3v) is 4.99. The van der Waals surface area contributed by atoms with Crippen molar-refractivity contribution in [2.24, 2.45) is 5.92 Å². The van der Waals surface area contributed by atoms with Crippen LogP contribution in [0.15, 0.2) is 24.3 Å². The molecular weight excluding hydrogens is 342 g/mol. The monoisotopic (exact) mass is 375 g/mol. The molecule has 0 bridgehead atoms. The first kappa shape index (κ1) is 21.1. The topological polar surface area (TPSA) is 70.7 Å². The average molecular weight is 376 g/mol. The Kier molecular flexibility index (Phi) is 8.43. The van der Waals surface area contributed by atoms with Crippen LogP contribution in [0.5, 0.6) is 5.75 Å². The zero-order valence-corrected chi connectivity index (χ0v) is 16.8. The van der Waals surface area contributed by atoms with E-state index < -0.39 is 0 Å². The third-order valence-electron chi connectivity index (χ3n) is 4.99. The van der Waals surface area contributed by atoms with Crippen LogP contribution >= 0.6 is 0 Å². The zero-order chi connectivity index (χ0) is 19.6. The lowest BCUT2D eigenvalue weighted by Gasteiger charge is -2.24. The van der Waals surface area contributed by atoms with Gasteiger partial charge in [-0.15, -0.1) is 0 Å². The van der Waals surface area contributed by atoms with E-state index in [4.69, 9.17) is 4.74 Å². The van der Waals surface area contributed by atoms with E-state index in [0.29, 0.717) is 19.5 Å². The molecule has 0 saturated carbocycles. The molecule has 0 aliphatic carbocycles. The average Bonchev–Trinajstić information content (AvgIpc) is 2.87. The van der Waals surface area contributed by atoms with E-state index in [0.717, 1.165) is 43.5 Å². The van der Waals surface area contributed by atoms with Gasteiger partial charge in [0.05, 0.1) is 13.2 Å². The Morgan fingerprint density at radius 3 is 2.59 bits per heavy atom. The molecule has 6 nitrogen and oxygen atoms in total. The van der Waals surface area contributed by atoms with E-state index in [1.165, 1.54) is 0 Å². The fourth-order valence-electron chi connectivity index (χ4n) is 3.39. The van der Waals surface area contributed by atoms with E-state index in [9.17, 15) is 9.59 Å². The number of hydrogen-bond donors (Lipinski definition) is 2. The highest BCUT2D eigenvalue weighted by atomic mass is 16.5. The summed E-state index contributed by atoms with van der Waals surface area (Å²) < 4.78 is 5.19. The van der Waals surface area contributed by atoms with Gasteiger partial charge in [-0.2, -0.15) is 0 Å². The van der Waals surface area contributed by atoms with Crippen LogP contribution in [-0.2, 0) is 4.79 Å². The number of benzene rings is 1. The van der Waals surface area contributed by atoms with Gasteiger partial charge in [0.1, 0.15) is 5.75 Å². The summed E-state index contributed by atoms with van der Waals surface area (Å²) in [7, 11) is 1.64. The van der Waals surface area contributed by atoms with E-state index >= 15 is 0 Å². The van der Waals surface area contributed by atoms with Gasteiger partial charge >= 0.3 is 6.03 Å². The molecule has 27 heavy (non-hydrogen) atoms. The van der Waals surface area contributed by atoms with Crippen LogP contribution in [0, 0.1) is 5.92 Å². The van der Waals surface area contributed by atoms with Crippen LogP contribution in [0.4, 0.5) is 4.79 Å². The van der Waals surface area contributed by atoms with E-state index in [1.807, 2.05) is 29.2 Å². The molecule has 3 amide bonds. The molecule has 6 heteroatoms. The molecule has 0 aromatic heterocycles. The Labute approximate surface area is 162 Å². The van der Waals surface area contributed by atoms with Crippen molar-refractivity contribution in [1.29, 1.82) is 0 Å². The van der Waals surface area contributed by atoms with Crippen molar-refractivity contribution >= 4 is 11.9 Å². The van der Waals surface area contributed by atoms with Crippen molar-refractivity contribution in [2.45, 2.75) is 52.0 Å². The van der Waals surface area contributed by atoms with Gasteiger partial charge in [-0.1, -0.05) is 32.4 Å². The van der Waals surface area contributed by atoms with Gasteiger partial charge in [0, 0.05) is 26.1 Å². The molecule has 2 rings (SSSR count). The maximum atomic E-state index is 12.3. The fourth-order valence-corrected chi connectivity index (χ4v) is 3.39. The van der Waals surface area contributed by atoms with E-state index in [1.54, 1.807) is 7.11 Å². The summed E-state index contributed by atoms with van der Waals surface area (Å²) in [5.41, 5.74) is 1.05. The molecule has 2 N–H and O–H groups in total. The highest BCUT2D eigenvalue weighted by Gasteiger charge is 2.19. The highest BCUT2D eigenvalue weighted by molar-refractivity contribution is 5.76. The highest BCUT2D eigenvalue weighted by Crippen LogP contribution is 2.23. The van der Waals surface area contributed by atoms with Gasteiger partial charge < -0.3 is 20.3 Å². The molecular formula is C21H33N3O3. The zero-order valence-electron chi connectivity index (χ0n) is 16.8. The number of nitrogens with zero attached hydrogens (tertiary/aromatic N) is 1. The third kappa shape index (κ3) is 6.77. The lowest BCUT2D eigenvalue weighted by molar-refractivity contribution is -0.130. The minimum atomic E-state index is -0.174. The minimum absolute atomic E-state index is 0.0666. The number of urea groups is 1. The molecule has 1 aromatic carbocycles. The first-order valence-electron chi connectivity index (χ1n) is 9.97. The lowest BCUT2D eigenvalue weighted by Crippen LogP contribution is -2.41. The van der Waals surface area contributed by atoms with Crippen LogP contribution in [0.2, 0.25) is 0 Å². The summed E-state index contributed by atoms with van der Waals surface area (Å²) in [5, 5.41) is 5.97. The largest absolute Gasteiger partial charge is 0.497 e. The number of rotatable bonds is 8. The second-order valence-electron chi connectivity index (χ2n) is 7.44. The maximum Gasteiger partial charge on any atom is 0.315 e. The van der Waals surface area contributed by atoms with Crippen LogP contribution in [0.3, 0.4) is 0 Å². The van der Waals surface area contributed by atoms with Crippen molar-refractivity contribution in [1.82, 2.24) is 15.5 Å². The Bertz CT molecular complexity index is 601. The Balaban J connectivity index is 1.77. The van der Waals surface area contributed by atoms with Crippen LogP contribution in [0.1, 0.15) is 57.6 Å². The molecule has 0 spiro atoms. The quantitative estimate of drug-likeness (QED) is 0.684. The second-order valence-corrected chi connectivity index (χ2v) is 7.44. The number of carbonyl (C=O) groups is 2. The molecule has 1 unspecified atom stereocenters. The van der Waals surface area contributed by atoms with Crippen molar-refractivity contribution in [3.05, 3.63) is 29.8 Å². The normalized spacial score (nSPS) is 16.0. The van der Waals surface area contributed by atoms with Gasteiger partial charge in [0.2, 0.25) is 5.91 Å². The fraction of sp³-hybridized carbons (Fsp3) is 0.619. The summed E-state index contributed by atoms with van der Waals surface area (Å²) in [4.78, 5) is 26.2. The molecule has 0 radical (unpaired) electrons. The SMILES string of the molecule is COc1ccc(C(NC(=O)NCCCN2CCCCCC2=O)C(C)C)cc1. The molecule has 1 atom stereocenters. The summed E-state index contributed by atoms with van der Waals surface area (Å²) >= 11 is 0. The van der Waals surface area contributed by atoms with Crippen molar-refractivity contribution in [2.75, 3.05) is 26.7 Å². The summed E-state index contributed by atoms with van der Waals surface area (Å²) in [6.45, 7) is 6.28. The molecule has 1 aliphatic heterocycles. The first-order valence-corrected chi connectivity index (χ1v) is 9.97. The Morgan fingerprint density at radius 1 is 1.19 bits per heavy atom. The van der Waals surface area contributed by atoms with Crippen molar-refractivity contribution < 1.29 is 14.3 Å². The van der Waals surface area contributed by atoms with Crippen LogP contribution < -0.4 is 15.4 Å². The second kappa shape index (κ2) is 10.8. The van der Waals surface area contributed by atoms with Gasteiger partial charge in [-0.3, -0.25) is 4.79 Å². The number of nitrogens with one attached hydrogen (secondary N) is 2. The Hall–Kier alpha value is -2.24. The number of ether oxygens (including phenoxy) is 1. The van der Waals surface area contributed by atoms with Crippen LogP contribution in [-0.4, -0.2) is 43.6 Å². The standard InChI is InChI=1S/C21H33N3O3/c1-16(2)20(17-9-11-18(27-3)12-10-17)23-21(26)22-13-7-15-24-14-6-4-5-8-19(24)25/h9-12,16,20H,4-8,13-15H2,1-3H3,(H2,22,23,26). The van der Waals surface area contributed by atoms with Gasteiger partial charge in [0.15, 0.2) is 0 Å². The Morgan fingerprint density at radius 2 is 1.93 bits per heavy atom. The molecule has 150 valence electrons. The predicted octanol–water partition coefficient (Wildman–Crippen LogP) is 3.48. The molecule has 1 heterocycles. The molecule has 1 saturated heterocycles. The van der Waals surface area contributed by atoms with Crippen molar-refractivity contribution in [3.63, 3.8) is 0 Å². The molecule has 1 aromatic rings. The number of carbonyl (C=O) groups excluding carboxylic acids is 2. The lowest BCUT2D eigenvalue weighted by atomic mass is 9.96. The van der Waals surface area contributed by atoms with E-state index in [-0.39, 0.29) is 23.9 Å². The summed E-state index contributed by atoms with van der Waals surface area (Å²) in [5.74, 6) is 1.31. The molecule has 1 fully saturated rings. The van der Waals surface area contributed by atoms with Crippen molar-refractivity contribution in [3.8, 4) is 5.75 Å². The van der Waals surface area contributed by atoms with E-state index in [2.05, 4.69) is 24.5 Å². The van der Waals surface area contributed by atoms with Gasteiger partial charge in [-0.25, -0.2) is 4.79 Å². The maximum absolute atomic E-state index is 12.3.